The molecule has 0 amide bonds. The fourth-order valence-electron chi connectivity index (χ4n) is 10.2. The smallest absolute Gasteiger partial charge is 0.319 e. The Kier molecular flexibility index (Phi) is 9.94. The second-order valence-corrected chi connectivity index (χ2v) is 17.0. The van der Waals surface area contributed by atoms with Crippen molar-refractivity contribution in [1.29, 1.82) is 0 Å². The van der Waals surface area contributed by atoms with E-state index in [-0.39, 0.29) is 28.2 Å². The van der Waals surface area contributed by atoms with Gasteiger partial charge < -0.3 is 9.13 Å². The Morgan fingerprint density at radius 3 is 1.47 bits per heavy atom. The van der Waals surface area contributed by atoms with Gasteiger partial charge in [-0.15, -0.1) is 0 Å². The molecule has 0 radical (unpaired) electrons. The summed E-state index contributed by atoms with van der Waals surface area (Å²) < 4.78 is 49.9. The molecule has 12 rings (SSSR count). The van der Waals surface area contributed by atoms with Crippen molar-refractivity contribution >= 4 is 55.0 Å². The second-order valence-electron chi connectivity index (χ2n) is 17.0. The second kappa shape index (κ2) is 16.6. The van der Waals surface area contributed by atoms with Crippen LogP contribution in [0.25, 0.3) is 121 Å². The third-order valence-corrected chi connectivity index (χ3v) is 13.1. The summed E-state index contributed by atoms with van der Waals surface area (Å²) in [6, 6.07) is 62.9. The molecule has 6 nitrogen and oxygen atoms in total. The predicted molar refractivity (Wildman–Crippen MR) is 275 cm³/mol. The highest BCUT2D eigenvalue weighted by atomic mass is 19.4. The van der Waals surface area contributed by atoms with Crippen molar-refractivity contribution in [1.82, 2.24) is 19.1 Å². The largest absolute Gasteiger partial charge is 0.415 e. The van der Waals surface area contributed by atoms with Crippen molar-refractivity contribution < 1.29 is 13.2 Å². The minimum atomic E-state index is -4.82. The first-order valence-electron chi connectivity index (χ1n) is 22.5. The van der Waals surface area contributed by atoms with Crippen molar-refractivity contribution in [3.63, 3.8) is 0 Å². The molecule has 0 atom stereocenters. The summed E-state index contributed by atoms with van der Waals surface area (Å²) in [5.74, 6) is 0. The van der Waals surface area contributed by atoms with E-state index in [1.54, 1.807) is 24.5 Å². The lowest BCUT2D eigenvalue weighted by molar-refractivity contribution is -0.137. The van der Waals surface area contributed by atoms with E-state index < -0.39 is 11.7 Å². The van der Waals surface area contributed by atoms with Crippen LogP contribution in [-0.2, 0) is 6.18 Å². The maximum atomic E-state index is 15.3. The quantitative estimate of drug-likeness (QED) is 0.150. The fraction of sp³-hybridized carbons (Fsp3) is 0.0164. The number of aromatic nitrogens is 4. The Morgan fingerprint density at radius 1 is 0.414 bits per heavy atom. The summed E-state index contributed by atoms with van der Waals surface area (Å²) in [7, 11) is 0. The first-order chi connectivity index (χ1) is 34.3. The van der Waals surface area contributed by atoms with Gasteiger partial charge in [-0.25, -0.2) is 9.69 Å². The van der Waals surface area contributed by atoms with Crippen LogP contribution >= 0.6 is 0 Å². The van der Waals surface area contributed by atoms with Crippen molar-refractivity contribution in [2.45, 2.75) is 6.18 Å². The van der Waals surface area contributed by atoms with Gasteiger partial charge in [0.1, 0.15) is 0 Å². The predicted octanol–water partition coefficient (Wildman–Crippen LogP) is 17.1. The van der Waals surface area contributed by atoms with E-state index in [9.17, 15) is 0 Å². The zero-order chi connectivity index (χ0) is 47.5. The van der Waals surface area contributed by atoms with E-state index in [0.29, 0.717) is 16.7 Å². The van der Waals surface area contributed by atoms with Gasteiger partial charge in [0.15, 0.2) is 5.69 Å². The number of nitrogens with zero attached hydrogens (tertiary/aromatic N) is 6. The Balaban J connectivity index is 1.16. The van der Waals surface area contributed by atoms with Gasteiger partial charge in [-0.2, -0.15) is 13.2 Å². The minimum absolute atomic E-state index is 0.104. The SMILES string of the molecule is [C-]#[N+]c1cccc(C(F)(F)F)c1-c1ccc(-n2c3ccccc3c3cc(-c4cccnc4-c4ccccc4)ccc32)c([N+]#[C-])c1-n1c2ccccc2c2cc(-c3cccnc3-c3ccccc3)ccc21. The standard InChI is InChI=1S/C61H35F3N6/c1-65-50-25-13-24-49(61(62,63)64)56(50)46-30-33-55(69-51-26-11-9-20-44(51)47-36-40(28-31-53(47)69)42-22-14-34-67-57(42)38-16-5-3-6-17-38)59(66-2)60(46)70-52-27-12-10-21-45(52)48-37-41(29-32-54(48)70)43-23-15-35-68-58(43)39-18-7-4-8-19-39/h3-37H. The van der Waals surface area contributed by atoms with Gasteiger partial charge >= 0.3 is 6.18 Å². The van der Waals surface area contributed by atoms with E-state index in [1.165, 1.54) is 12.1 Å². The molecule has 8 aromatic carbocycles. The molecule has 9 heteroatoms. The Morgan fingerprint density at radius 2 is 0.929 bits per heavy atom. The molecular formula is C61H35F3N6. The van der Waals surface area contributed by atoms with Crippen molar-refractivity contribution in [2.24, 2.45) is 0 Å². The summed E-state index contributed by atoms with van der Waals surface area (Å²) in [4.78, 5) is 17.5. The number of benzene rings is 8. The molecule has 0 saturated carbocycles. The lowest BCUT2D eigenvalue weighted by atomic mass is 9.94. The molecular weight excluding hydrogens is 874 g/mol. The zero-order valence-electron chi connectivity index (χ0n) is 37.0. The van der Waals surface area contributed by atoms with Crippen LogP contribution < -0.4 is 0 Å². The normalized spacial score (nSPS) is 11.6. The molecule has 0 bridgehead atoms. The molecule has 12 aromatic rings. The fourth-order valence-corrected chi connectivity index (χ4v) is 10.2. The molecule has 0 aliphatic carbocycles. The molecule has 4 heterocycles. The minimum Gasteiger partial charge on any atom is -0.319 e. The van der Waals surface area contributed by atoms with Crippen molar-refractivity contribution in [2.75, 3.05) is 0 Å². The average molecular weight is 909 g/mol. The lowest BCUT2D eigenvalue weighted by Crippen LogP contribution is -2.09. The average Bonchev–Trinajstić information content (AvgIpc) is 3.92. The number of hydrogen-bond acceptors (Lipinski definition) is 2. The summed E-state index contributed by atoms with van der Waals surface area (Å²) in [6.07, 6.45) is -1.26. The van der Waals surface area contributed by atoms with Gasteiger partial charge in [-0.05, 0) is 71.3 Å². The molecule has 0 saturated heterocycles. The van der Waals surface area contributed by atoms with Crippen LogP contribution in [0.1, 0.15) is 5.56 Å². The molecule has 330 valence electrons. The Hall–Kier alpha value is -9.57. The summed E-state index contributed by atoms with van der Waals surface area (Å²) in [5, 5.41) is 3.51. The number of rotatable bonds is 7. The molecule has 4 aromatic heterocycles. The van der Waals surface area contributed by atoms with Crippen molar-refractivity contribution in [3.05, 3.63) is 241 Å². The maximum Gasteiger partial charge on any atom is 0.415 e. The number of alkyl halides is 3. The van der Waals surface area contributed by atoms with E-state index in [1.807, 2.05) is 161 Å². The highest BCUT2D eigenvalue weighted by Gasteiger charge is 2.36. The van der Waals surface area contributed by atoms with Crippen molar-refractivity contribution in [3.8, 4) is 67.3 Å². The number of halogens is 3. The van der Waals surface area contributed by atoms with E-state index in [0.717, 1.165) is 83.4 Å². The maximum absolute atomic E-state index is 15.3. The highest BCUT2D eigenvalue weighted by Crippen LogP contribution is 2.51. The highest BCUT2D eigenvalue weighted by molar-refractivity contribution is 6.14. The van der Waals surface area contributed by atoms with Gasteiger partial charge in [0.25, 0.3) is 0 Å². The third kappa shape index (κ3) is 6.71. The number of pyridine rings is 2. The van der Waals surface area contributed by atoms with Gasteiger partial charge in [0, 0.05) is 61.8 Å². The Bertz CT molecular complexity index is 4140. The lowest BCUT2D eigenvalue weighted by Gasteiger charge is -2.23. The summed E-state index contributed by atoms with van der Waals surface area (Å²) >= 11 is 0. The first kappa shape index (κ1) is 41.8. The summed E-state index contributed by atoms with van der Waals surface area (Å²) in [5.41, 5.74) is 9.74. The monoisotopic (exact) mass is 908 g/mol. The van der Waals surface area contributed by atoms with Crippen LogP contribution in [0.3, 0.4) is 0 Å². The van der Waals surface area contributed by atoms with Crippen LogP contribution in [0.15, 0.2) is 213 Å². The first-order valence-corrected chi connectivity index (χ1v) is 22.5. The molecule has 0 fully saturated rings. The van der Waals surface area contributed by atoms with Gasteiger partial charge in [0.05, 0.1) is 63.5 Å². The third-order valence-electron chi connectivity index (χ3n) is 13.1. The molecule has 0 aliphatic heterocycles. The molecule has 0 aliphatic rings. The topological polar surface area (TPSA) is 44.4 Å². The van der Waals surface area contributed by atoms with Crippen LogP contribution in [0.4, 0.5) is 24.5 Å². The van der Waals surface area contributed by atoms with Crippen LogP contribution in [-0.4, -0.2) is 19.1 Å². The molecule has 0 N–H and O–H groups in total. The molecule has 70 heavy (non-hydrogen) atoms. The molecule has 0 spiro atoms. The number of fused-ring (bicyclic) bond motifs is 6. The van der Waals surface area contributed by atoms with Gasteiger partial charge in [-0.1, -0.05) is 146 Å². The van der Waals surface area contributed by atoms with Crippen LogP contribution in [0.5, 0.6) is 0 Å². The number of para-hydroxylation sites is 2. The van der Waals surface area contributed by atoms with Gasteiger partial charge in [0.2, 0.25) is 5.69 Å². The Labute approximate surface area is 400 Å². The van der Waals surface area contributed by atoms with Crippen LogP contribution in [0, 0.1) is 13.1 Å². The van der Waals surface area contributed by atoms with E-state index >= 15 is 13.2 Å². The van der Waals surface area contributed by atoms with E-state index in [4.69, 9.17) is 23.1 Å². The van der Waals surface area contributed by atoms with E-state index in [2.05, 4.69) is 27.9 Å². The van der Waals surface area contributed by atoms with Gasteiger partial charge in [-0.3, -0.25) is 9.97 Å². The zero-order valence-corrected chi connectivity index (χ0v) is 37.0. The number of hydrogen-bond donors (Lipinski definition) is 0. The molecule has 0 unspecified atom stereocenters. The summed E-state index contributed by atoms with van der Waals surface area (Å²) in [6.45, 7) is 17.3. The van der Waals surface area contributed by atoms with Crippen LogP contribution in [0.2, 0.25) is 0 Å².